The zero-order chi connectivity index (χ0) is 21.8. The third kappa shape index (κ3) is 5.26. The molecule has 0 aliphatic carbocycles. The number of amides is 1. The lowest BCUT2D eigenvalue weighted by Gasteiger charge is -2.21. The Kier molecular flexibility index (Phi) is 7.26. The first-order valence-corrected chi connectivity index (χ1v) is 10.8. The molecule has 0 saturated carbocycles. The van der Waals surface area contributed by atoms with Crippen molar-refractivity contribution in [3.05, 3.63) is 57.0 Å². The first-order chi connectivity index (χ1) is 14.3. The van der Waals surface area contributed by atoms with Gasteiger partial charge in [-0.1, -0.05) is 33.6 Å². The van der Waals surface area contributed by atoms with Gasteiger partial charge < -0.3 is 14.2 Å². The standard InChI is InChI=1S/C22H23BrClNO5/c1-4-28-21(26)10-15-5-7-18(24)20(9-15)30-19-8-6-17(23)11-16(19)12-25-13(2)14(3)29-22(25)27/h5-9,11,13-14H,4,10,12H2,1-3H3/t13-,14+/m1/s1. The lowest BCUT2D eigenvalue weighted by Crippen LogP contribution is -2.32. The number of halogens is 2. The summed E-state index contributed by atoms with van der Waals surface area (Å²) in [5, 5.41) is 0.416. The van der Waals surface area contributed by atoms with Crippen molar-refractivity contribution < 1.29 is 23.8 Å². The third-order valence-corrected chi connectivity index (χ3v) is 5.73. The number of carbonyl (C=O) groups excluding carboxylic acids is 2. The molecule has 2 aromatic carbocycles. The minimum atomic E-state index is -0.351. The Morgan fingerprint density at radius 3 is 2.63 bits per heavy atom. The molecule has 3 rings (SSSR count). The van der Waals surface area contributed by atoms with Crippen LogP contribution in [0.4, 0.5) is 4.79 Å². The Balaban J connectivity index is 1.85. The Bertz CT molecular complexity index is 951. The molecule has 160 valence electrons. The SMILES string of the molecule is CCOC(=O)Cc1ccc(Cl)c(Oc2ccc(Br)cc2CN2C(=O)O[C@@H](C)[C@H]2C)c1. The van der Waals surface area contributed by atoms with Crippen LogP contribution in [0.15, 0.2) is 40.9 Å². The van der Waals surface area contributed by atoms with Crippen LogP contribution < -0.4 is 4.74 Å². The predicted octanol–water partition coefficient (Wildman–Crippen LogP) is 5.73. The number of benzene rings is 2. The van der Waals surface area contributed by atoms with Gasteiger partial charge in [0.1, 0.15) is 17.6 Å². The normalized spacial score (nSPS) is 18.3. The fourth-order valence-electron chi connectivity index (χ4n) is 3.14. The molecule has 30 heavy (non-hydrogen) atoms. The summed E-state index contributed by atoms with van der Waals surface area (Å²) < 4.78 is 17.3. The Hall–Kier alpha value is -2.25. The number of esters is 1. The molecule has 2 atom stereocenters. The van der Waals surface area contributed by atoms with Gasteiger partial charge in [0.05, 0.1) is 30.6 Å². The zero-order valence-electron chi connectivity index (χ0n) is 17.0. The van der Waals surface area contributed by atoms with Gasteiger partial charge in [0.15, 0.2) is 0 Å². The van der Waals surface area contributed by atoms with Gasteiger partial charge in [-0.25, -0.2) is 4.79 Å². The molecule has 1 heterocycles. The summed E-state index contributed by atoms with van der Waals surface area (Å²) in [5.74, 6) is 0.672. The van der Waals surface area contributed by atoms with E-state index in [1.54, 1.807) is 30.0 Å². The van der Waals surface area contributed by atoms with Crippen LogP contribution in [0.5, 0.6) is 11.5 Å². The number of carbonyl (C=O) groups is 2. The molecule has 1 aliphatic heterocycles. The van der Waals surface area contributed by atoms with E-state index in [0.717, 1.165) is 15.6 Å². The molecule has 0 aromatic heterocycles. The minimum Gasteiger partial charge on any atom is -0.466 e. The van der Waals surface area contributed by atoms with Gasteiger partial charge in [0, 0.05) is 10.0 Å². The van der Waals surface area contributed by atoms with Crippen molar-refractivity contribution >= 4 is 39.6 Å². The average molecular weight is 497 g/mol. The van der Waals surface area contributed by atoms with Crippen LogP contribution >= 0.6 is 27.5 Å². The van der Waals surface area contributed by atoms with Crippen LogP contribution in [-0.4, -0.2) is 35.7 Å². The molecular formula is C22H23BrClNO5. The fourth-order valence-corrected chi connectivity index (χ4v) is 3.71. The van der Waals surface area contributed by atoms with Crippen molar-refractivity contribution in [2.75, 3.05) is 6.61 Å². The number of ether oxygens (including phenoxy) is 3. The highest BCUT2D eigenvalue weighted by Gasteiger charge is 2.36. The molecule has 0 radical (unpaired) electrons. The molecule has 0 unspecified atom stereocenters. The molecule has 1 fully saturated rings. The van der Waals surface area contributed by atoms with Crippen molar-refractivity contribution in [3.8, 4) is 11.5 Å². The largest absolute Gasteiger partial charge is 0.466 e. The molecule has 8 heteroatoms. The van der Waals surface area contributed by atoms with E-state index in [2.05, 4.69) is 15.9 Å². The van der Waals surface area contributed by atoms with Crippen molar-refractivity contribution in [1.82, 2.24) is 4.90 Å². The highest BCUT2D eigenvalue weighted by molar-refractivity contribution is 9.10. The molecule has 0 N–H and O–H groups in total. The summed E-state index contributed by atoms with van der Waals surface area (Å²) in [4.78, 5) is 25.6. The molecule has 1 amide bonds. The maximum atomic E-state index is 12.2. The van der Waals surface area contributed by atoms with Crippen LogP contribution in [0.2, 0.25) is 5.02 Å². The first kappa shape index (κ1) is 22.4. The Morgan fingerprint density at radius 2 is 1.97 bits per heavy atom. The summed E-state index contributed by atoms with van der Waals surface area (Å²) in [7, 11) is 0. The minimum absolute atomic E-state index is 0.0548. The van der Waals surface area contributed by atoms with Gasteiger partial charge in [-0.2, -0.15) is 0 Å². The summed E-state index contributed by atoms with van der Waals surface area (Å²) in [5.41, 5.74) is 1.53. The van der Waals surface area contributed by atoms with Crippen LogP contribution in [-0.2, 0) is 27.2 Å². The first-order valence-electron chi connectivity index (χ1n) is 9.66. The van der Waals surface area contributed by atoms with E-state index in [9.17, 15) is 9.59 Å². The number of hydrogen-bond donors (Lipinski definition) is 0. The molecule has 1 saturated heterocycles. The quantitative estimate of drug-likeness (QED) is 0.458. The van der Waals surface area contributed by atoms with E-state index in [1.807, 2.05) is 32.0 Å². The van der Waals surface area contributed by atoms with E-state index in [4.69, 9.17) is 25.8 Å². The number of cyclic esters (lactones) is 1. The molecular weight excluding hydrogens is 474 g/mol. The lowest BCUT2D eigenvalue weighted by atomic mass is 10.1. The average Bonchev–Trinajstić information content (AvgIpc) is 2.92. The molecule has 1 aliphatic rings. The number of nitrogens with zero attached hydrogens (tertiary/aromatic N) is 1. The smallest absolute Gasteiger partial charge is 0.410 e. The highest BCUT2D eigenvalue weighted by Crippen LogP contribution is 2.35. The van der Waals surface area contributed by atoms with Gasteiger partial charge in [0.25, 0.3) is 0 Å². The van der Waals surface area contributed by atoms with Gasteiger partial charge in [0.2, 0.25) is 0 Å². The van der Waals surface area contributed by atoms with E-state index < -0.39 is 0 Å². The van der Waals surface area contributed by atoms with Crippen molar-refractivity contribution in [3.63, 3.8) is 0 Å². The highest BCUT2D eigenvalue weighted by atomic mass is 79.9. The van der Waals surface area contributed by atoms with Gasteiger partial charge >= 0.3 is 12.1 Å². The second-order valence-electron chi connectivity index (χ2n) is 7.06. The third-order valence-electron chi connectivity index (χ3n) is 4.92. The molecule has 0 spiro atoms. The summed E-state index contributed by atoms with van der Waals surface area (Å²) in [6.45, 7) is 6.24. The van der Waals surface area contributed by atoms with Gasteiger partial charge in [-0.15, -0.1) is 0 Å². The monoisotopic (exact) mass is 495 g/mol. The number of hydrogen-bond acceptors (Lipinski definition) is 5. The lowest BCUT2D eigenvalue weighted by molar-refractivity contribution is -0.142. The van der Waals surface area contributed by atoms with Crippen LogP contribution in [0.25, 0.3) is 0 Å². The van der Waals surface area contributed by atoms with Crippen LogP contribution in [0.1, 0.15) is 31.9 Å². The Morgan fingerprint density at radius 1 is 1.20 bits per heavy atom. The summed E-state index contributed by atoms with van der Waals surface area (Å²) in [6.07, 6.45) is -0.401. The maximum absolute atomic E-state index is 12.2. The van der Waals surface area contributed by atoms with E-state index >= 15 is 0 Å². The Labute approximate surface area is 189 Å². The zero-order valence-corrected chi connectivity index (χ0v) is 19.3. The van der Waals surface area contributed by atoms with E-state index in [0.29, 0.717) is 29.7 Å². The fraction of sp³-hybridized carbons (Fsp3) is 0.364. The molecule has 0 bridgehead atoms. The van der Waals surface area contributed by atoms with Crippen LogP contribution in [0, 0.1) is 0 Å². The van der Waals surface area contributed by atoms with Gasteiger partial charge in [-0.05, 0) is 56.7 Å². The summed E-state index contributed by atoms with van der Waals surface area (Å²) >= 11 is 9.80. The maximum Gasteiger partial charge on any atom is 0.410 e. The summed E-state index contributed by atoms with van der Waals surface area (Å²) in [6, 6.07) is 10.7. The predicted molar refractivity (Wildman–Crippen MR) is 117 cm³/mol. The van der Waals surface area contributed by atoms with Crippen molar-refractivity contribution in [2.45, 2.75) is 45.9 Å². The topological polar surface area (TPSA) is 65.1 Å². The molecule has 6 nitrogen and oxygen atoms in total. The second-order valence-corrected chi connectivity index (χ2v) is 8.38. The van der Waals surface area contributed by atoms with Crippen molar-refractivity contribution in [1.29, 1.82) is 0 Å². The second kappa shape index (κ2) is 9.71. The van der Waals surface area contributed by atoms with Gasteiger partial charge in [-0.3, -0.25) is 9.69 Å². The molecule has 2 aromatic rings. The van der Waals surface area contributed by atoms with E-state index in [-0.39, 0.29) is 30.6 Å². The van der Waals surface area contributed by atoms with E-state index in [1.165, 1.54) is 0 Å². The van der Waals surface area contributed by atoms with Crippen LogP contribution in [0.3, 0.4) is 0 Å². The van der Waals surface area contributed by atoms with Crippen molar-refractivity contribution in [2.24, 2.45) is 0 Å². The number of rotatable bonds is 7.